The van der Waals surface area contributed by atoms with Crippen LogP contribution in [0.3, 0.4) is 0 Å². The molecule has 1 aliphatic carbocycles. The molecule has 3 N–H and O–H groups in total. The first-order valence-corrected chi connectivity index (χ1v) is 14.7. The molecule has 42 heavy (non-hydrogen) atoms. The second kappa shape index (κ2) is 10.1. The van der Waals surface area contributed by atoms with Crippen LogP contribution < -0.4 is 10.1 Å². The zero-order valence-corrected chi connectivity index (χ0v) is 24.6. The van der Waals surface area contributed by atoms with E-state index in [0.29, 0.717) is 36.3 Å². The van der Waals surface area contributed by atoms with Crippen LogP contribution in [0.15, 0.2) is 42.5 Å². The van der Waals surface area contributed by atoms with Crippen molar-refractivity contribution in [3.05, 3.63) is 53.3 Å². The number of hydrogen-bond acceptors (Lipinski definition) is 7. The summed E-state index contributed by atoms with van der Waals surface area (Å²) in [6.07, 6.45) is 2.23. The summed E-state index contributed by atoms with van der Waals surface area (Å²) in [5, 5.41) is 26.8. The Bertz CT molecular complexity index is 1770. The monoisotopic (exact) mass is 590 g/mol. The maximum Gasteiger partial charge on any atom is 0.434 e. The number of aromatic hydroxyl groups is 1. The van der Waals surface area contributed by atoms with E-state index in [1.54, 1.807) is 12.1 Å². The number of fused-ring (bicyclic) bond motifs is 4. The minimum atomic E-state index is -0.605. The van der Waals surface area contributed by atoms with Gasteiger partial charge < -0.3 is 19.8 Å². The highest BCUT2D eigenvalue weighted by Crippen LogP contribution is 2.47. The van der Waals surface area contributed by atoms with Crippen molar-refractivity contribution in [2.45, 2.75) is 44.4 Å². The molecule has 3 atom stereocenters. The van der Waals surface area contributed by atoms with Gasteiger partial charge >= 0.3 is 11.8 Å². The lowest BCUT2D eigenvalue weighted by atomic mass is 9.96. The maximum atomic E-state index is 16.8. The molecule has 2 bridgehead atoms. The van der Waals surface area contributed by atoms with Gasteiger partial charge in [0.2, 0.25) is 0 Å². The van der Waals surface area contributed by atoms with E-state index in [-0.39, 0.29) is 45.4 Å². The molecule has 3 unspecified atom stereocenters. The largest absolute Gasteiger partial charge is 0.508 e. The zero-order valence-electron chi connectivity index (χ0n) is 23.9. The van der Waals surface area contributed by atoms with Gasteiger partial charge in [-0.2, -0.15) is 4.98 Å². The molecule has 218 valence electrons. The summed E-state index contributed by atoms with van der Waals surface area (Å²) < 4.78 is 25.1. The van der Waals surface area contributed by atoms with Crippen molar-refractivity contribution in [3.8, 4) is 22.9 Å². The summed E-state index contributed by atoms with van der Waals surface area (Å²) in [6.45, 7) is 3.84. The highest BCUT2D eigenvalue weighted by molar-refractivity contribution is 6.35. The smallest absolute Gasteiger partial charge is 0.434 e. The highest BCUT2D eigenvalue weighted by atomic mass is 35.5. The fraction of sp³-hybridized carbons (Fsp3) is 0.406. The van der Waals surface area contributed by atoms with E-state index in [0.717, 1.165) is 35.9 Å². The zero-order chi connectivity index (χ0) is 29.3. The first-order chi connectivity index (χ1) is 20.1. The third-order valence-corrected chi connectivity index (χ3v) is 9.23. The lowest BCUT2D eigenvalue weighted by Crippen LogP contribution is -2.49. The van der Waals surface area contributed by atoms with Crippen LogP contribution in [0, 0.1) is 11.2 Å². The molecule has 1 aromatic heterocycles. The van der Waals surface area contributed by atoms with Crippen molar-refractivity contribution in [3.63, 3.8) is 0 Å². The number of aliphatic hydroxyl groups excluding tert-OH is 1. The van der Waals surface area contributed by atoms with Crippen molar-refractivity contribution >= 4 is 44.8 Å². The number of rotatable bonds is 7. The molecule has 3 aromatic carbocycles. The Balaban J connectivity index is 1.42. The van der Waals surface area contributed by atoms with Gasteiger partial charge in [-0.15, -0.1) is 0 Å². The van der Waals surface area contributed by atoms with Gasteiger partial charge in [-0.05, 0) is 74.8 Å². The molecule has 1 saturated carbocycles. The Morgan fingerprint density at radius 1 is 1.17 bits per heavy atom. The Morgan fingerprint density at radius 3 is 2.71 bits per heavy atom. The third-order valence-electron chi connectivity index (χ3n) is 8.93. The first kappa shape index (κ1) is 27.5. The predicted molar refractivity (Wildman–Crippen MR) is 162 cm³/mol. The average molecular weight is 591 g/mol. The molecular formula is C32H34ClFN5O3+. The van der Waals surface area contributed by atoms with Gasteiger partial charge in [0.25, 0.3) is 0 Å². The van der Waals surface area contributed by atoms with E-state index in [2.05, 4.69) is 15.2 Å². The van der Waals surface area contributed by atoms with Gasteiger partial charge in [0.05, 0.1) is 28.3 Å². The van der Waals surface area contributed by atoms with E-state index >= 15 is 4.39 Å². The van der Waals surface area contributed by atoms with Gasteiger partial charge in [0, 0.05) is 28.5 Å². The van der Waals surface area contributed by atoms with Crippen molar-refractivity contribution in [2.24, 2.45) is 5.41 Å². The van der Waals surface area contributed by atoms with Gasteiger partial charge in [-0.1, -0.05) is 35.9 Å². The Morgan fingerprint density at radius 2 is 1.95 bits per heavy atom. The van der Waals surface area contributed by atoms with Crippen molar-refractivity contribution < 1.29 is 23.9 Å². The summed E-state index contributed by atoms with van der Waals surface area (Å²) in [5.41, 5.74) is 1.67. The second-order valence-corrected chi connectivity index (χ2v) is 12.8. The molecule has 1 saturated heterocycles. The van der Waals surface area contributed by atoms with Gasteiger partial charge in [-0.3, -0.25) is 5.32 Å². The SMILES string of the molecule is CC1=[N+](c2nc(OCC3(CN(C)C)CC3)nc3c(F)c(-c4cc(O)cc5ccccc45)c(Cl)cc23)CC2CC(O)C1N2. The standard InChI is InChI=1S/C32H33ClFN5O3/c1-17-28-25(41)11-19(35-28)14-39(17)30-23-13-24(33)26(22-12-20(40)10-18-6-4-5-7-21(18)22)27(34)29(23)36-31(37-30)42-16-32(8-9-32)15-38(2)3/h4-7,10,12-13,19,25,28,35,41H,8-9,11,14-16H2,1-3H3/p+1. The molecule has 2 fully saturated rings. The van der Waals surface area contributed by atoms with Crippen molar-refractivity contribution in [1.82, 2.24) is 20.2 Å². The summed E-state index contributed by atoms with van der Waals surface area (Å²) in [5.74, 6) is -0.0852. The van der Waals surface area contributed by atoms with Crippen LogP contribution in [0.25, 0.3) is 32.8 Å². The minimum absolute atomic E-state index is 0.0161. The number of phenolic OH excluding ortho intramolecular Hbond substituents is 1. The number of halogens is 2. The molecule has 7 rings (SSSR count). The quantitative estimate of drug-likeness (QED) is 0.264. The molecule has 4 aromatic rings. The Hall–Kier alpha value is -3.37. The Labute approximate surface area is 248 Å². The number of aliphatic hydroxyl groups is 1. The molecule has 0 radical (unpaired) electrons. The van der Waals surface area contributed by atoms with Gasteiger partial charge in [0.1, 0.15) is 24.4 Å². The number of benzene rings is 3. The number of hydrogen-bond donors (Lipinski definition) is 3. The van der Waals surface area contributed by atoms with E-state index in [1.165, 1.54) is 6.07 Å². The molecule has 0 amide bonds. The lowest BCUT2D eigenvalue weighted by Gasteiger charge is -2.24. The van der Waals surface area contributed by atoms with Gasteiger partial charge in [-0.25, -0.2) is 8.97 Å². The van der Waals surface area contributed by atoms with E-state index < -0.39 is 11.9 Å². The van der Waals surface area contributed by atoms with Crippen LogP contribution >= 0.6 is 11.6 Å². The maximum absolute atomic E-state index is 16.8. The fourth-order valence-corrected chi connectivity index (χ4v) is 7.06. The normalized spacial score (nSPS) is 22.9. The second-order valence-electron chi connectivity index (χ2n) is 12.4. The van der Waals surface area contributed by atoms with E-state index in [4.69, 9.17) is 21.3 Å². The van der Waals surface area contributed by atoms with Crippen molar-refractivity contribution in [2.75, 3.05) is 33.8 Å². The Kier molecular flexibility index (Phi) is 6.62. The van der Waals surface area contributed by atoms with Crippen LogP contribution in [0.5, 0.6) is 11.8 Å². The van der Waals surface area contributed by atoms with Crippen LogP contribution in [0.2, 0.25) is 5.02 Å². The molecule has 3 heterocycles. The van der Waals surface area contributed by atoms with Crippen molar-refractivity contribution in [1.29, 1.82) is 0 Å². The van der Waals surface area contributed by atoms with Crippen LogP contribution in [0.4, 0.5) is 10.2 Å². The summed E-state index contributed by atoms with van der Waals surface area (Å²) >= 11 is 6.86. The lowest BCUT2D eigenvalue weighted by molar-refractivity contribution is -0.453. The highest BCUT2D eigenvalue weighted by Gasteiger charge is 2.45. The average Bonchev–Trinajstić information content (AvgIpc) is 3.63. The molecule has 0 spiro atoms. The van der Waals surface area contributed by atoms with E-state index in [9.17, 15) is 10.2 Å². The number of phenols is 1. The molecular weight excluding hydrogens is 557 g/mol. The topological polar surface area (TPSA) is 93.8 Å². The summed E-state index contributed by atoms with van der Waals surface area (Å²) in [6, 6.07) is 12.3. The van der Waals surface area contributed by atoms with E-state index in [1.807, 2.05) is 49.9 Å². The fourth-order valence-electron chi connectivity index (χ4n) is 6.76. The minimum Gasteiger partial charge on any atom is -0.508 e. The number of nitrogens with zero attached hydrogens (tertiary/aromatic N) is 4. The molecule has 2 aliphatic heterocycles. The van der Waals surface area contributed by atoms with Gasteiger partial charge in [0.15, 0.2) is 5.82 Å². The number of aromatic nitrogens is 2. The summed E-state index contributed by atoms with van der Waals surface area (Å²) in [4.78, 5) is 11.6. The van der Waals surface area contributed by atoms with Crippen LogP contribution in [-0.4, -0.2) is 87.3 Å². The summed E-state index contributed by atoms with van der Waals surface area (Å²) in [7, 11) is 4.09. The van der Waals surface area contributed by atoms with Crippen LogP contribution in [0.1, 0.15) is 26.2 Å². The predicted octanol–water partition coefficient (Wildman–Crippen LogP) is 4.88. The number of ether oxygens (including phenoxy) is 1. The molecule has 3 aliphatic rings. The molecule has 10 heteroatoms. The number of nitrogens with one attached hydrogen (secondary N) is 1. The third kappa shape index (κ3) is 4.68. The van der Waals surface area contributed by atoms with Crippen LogP contribution in [-0.2, 0) is 0 Å². The first-order valence-electron chi connectivity index (χ1n) is 14.4. The molecule has 8 nitrogen and oxygen atoms in total.